The molecule has 1 N–H and O–H groups in total. The molecule has 3 rings (SSSR count). The van der Waals surface area contributed by atoms with Crippen molar-refractivity contribution < 1.29 is 23.1 Å². The number of fused-ring (bicyclic) bond motifs is 1. The van der Waals surface area contributed by atoms with Crippen LogP contribution in [0.4, 0.5) is 0 Å². The van der Waals surface area contributed by atoms with Crippen LogP contribution in [0.25, 0.3) is 0 Å². The van der Waals surface area contributed by atoms with E-state index < -0.39 is 28.6 Å². The lowest BCUT2D eigenvalue weighted by Crippen LogP contribution is -2.39. The quantitative estimate of drug-likeness (QED) is 0.831. The molecule has 0 aliphatic carbocycles. The highest BCUT2D eigenvalue weighted by molar-refractivity contribution is 7.90. The highest BCUT2D eigenvalue weighted by atomic mass is 35.5. The average molecular weight is 402 g/mol. The number of carbonyl (C=O) groups excluding carboxylic acids is 1. The van der Waals surface area contributed by atoms with Crippen molar-refractivity contribution in [3.63, 3.8) is 0 Å². The van der Waals surface area contributed by atoms with E-state index in [0.717, 1.165) is 0 Å². The molecule has 0 unspecified atom stereocenters. The highest BCUT2D eigenvalue weighted by Gasteiger charge is 2.41. The normalized spacial score (nSPS) is 16.6. The molecule has 1 aliphatic heterocycles. The zero-order valence-electron chi connectivity index (χ0n) is 12.7. The van der Waals surface area contributed by atoms with Crippen molar-refractivity contribution in [2.45, 2.75) is 11.0 Å². The Bertz CT molecular complexity index is 932. The lowest BCUT2D eigenvalue weighted by molar-refractivity contribution is 0.0687. The third kappa shape index (κ3) is 3.46. The number of sulfonamides is 1. The molecule has 9 heteroatoms. The van der Waals surface area contributed by atoms with Crippen LogP contribution in [0.5, 0.6) is 5.75 Å². The summed E-state index contributed by atoms with van der Waals surface area (Å²) in [6.45, 7) is -0.655. The zero-order valence-corrected chi connectivity index (χ0v) is 15.1. The van der Waals surface area contributed by atoms with Gasteiger partial charge in [-0.3, -0.25) is 4.79 Å². The largest absolute Gasteiger partial charge is 0.489 e. The lowest BCUT2D eigenvalue weighted by atomic mass is 10.2. The number of hydrogen-bond donors (Lipinski definition) is 1. The van der Waals surface area contributed by atoms with Crippen LogP contribution in [0.3, 0.4) is 0 Å². The minimum absolute atomic E-state index is 0.0612. The van der Waals surface area contributed by atoms with E-state index in [-0.39, 0.29) is 22.1 Å². The Hall–Kier alpha value is -1.80. The molecular weight excluding hydrogens is 389 g/mol. The Kier molecular flexibility index (Phi) is 4.92. The summed E-state index contributed by atoms with van der Waals surface area (Å²) in [4.78, 5) is 12.2. The number of amides is 1. The van der Waals surface area contributed by atoms with E-state index in [1.807, 2.05) is 0 Å². The molecule has 0 fully saturated rings. The van der Waals surface area contributed by atoms with E-state index in [1.54, 1.807) is 12.1 Å². The fourth-order valence-electron chi connectivity index (χ4n) is 2.43. The summed E-state index contributed by atoms with van der Waals surface area (Å²) in [5.74, 6) is -0.372. The van der Waals surface area contributed by atoms with Gasteiger partial charge in [-0.25, -0.2) is 12.7 Å². The lowest BCUT2D eigenvalue weighted by Gasteiger charge is -2.19. The van der Waals surface area contributed by atoms with Gasteiger partial charge in [0.05, 0.1) is 17.1 Å². The predicted molar refractivity (Wildman–Crippen MR) is 92.6 cm³/mol. The van der Waals surface area contributed by atoms with Crippen LogP contribution in [-0.4, -0.2) is 43.0 Å². The number of hydrogen-bond acceptors (Lipinski definition) is 5. The van der Waals surface area contributed by atoms with Gasteiger partial charge in [0.2, 0.25) is 0 Å². The van der Waals surface area contributed by atoms with Crippen molar-refractivity contribution in [2.75, 3.05) is 13.2 Å². The number of β-amino-alcohol motifs (C(OH)–C–C–N with tert-alkyl or cyclic N) is 1. The third-order valence-electron chi connectivity index (χ3n) is 3.61. The Morgan fingerprint density at radius 1 is 1.16 bits per heavy atom. The second-order valence-electron chi connectivity index (χ2n) is 5.38. The Morgan fingerprint density at radius 3 is 2.56 bits per heavy atom. The van der Waals surface area contributed by atoms with Crippen molar-refractivity contribution in [3.8, 4) is 5.75 Å². The van der Waals surface area contributed by atoms with Gasteiger partial charge >= 0.3 is 0 Å². The van der Waals surface area contributed by atoms with E-state index in [2.05, 4.69) is 0 Å². The van der Waals surface area contributed by atoms with Crippen LogP contribution < -0.4 is 4.74 Å². The fourth-order valence-corrected chi connectivity index (χ4v) is 4.50. The number of halogens is 2. The predicted octanol–water partition coefficient (Wildman–Crippen LogP) is 2.58. The maximum atomic E-state index is 12.4. The smallest absolute Gasteiger partial charge is 0.269 e. The van der Waals surface area contributed by atoms with Gasteiger partial charge in [-0.2, -0.15) is 0 Å². The van der Waals surface area contributed by atoms with Gasteiger partial charge in [0.15, 0.2) is 0 Å². The van der Waals surface area contributed by atoms with E-state index >= 15 is 0 Å². The number of nitrogens with zero attached hydrogens (tertiary/aromatic N) is 1. The first kappa shape index (κ1) is 18.0. The first-order valence-corrected chi connectivity index (χ1v) is 9.42. The Balaban J connectivity index is 1.69. The Labute approximate surface area is 154 Å². The van der Waals surface area contributed by atoms with E-state index in [4.69, 9.17) is 27.9 Å². The van der Waals surface area contributed by atoms with Gasteiger partial charge in [-0.15, -0.1) is 0 Å². The maximum absolute atomic E-state index is 12.4. The third-order valence-corrected chi connectivity index (χ3v) is 5.95. The minimum atomic E-state index is -3.96. The van der Waals surface area contributed by atoms with Crippen molar-refractivity contribution in [1.82, 2.24) is 4.31 Å². The number of carbonyl (C=O) groups is 1. The molecule has 2 aromatic carbocycles. The van der Waals surface area contributed by atoms with Crippen LogP contribution in [-0.2, 0) is 10.0 Å². The molecule has 1 amide bonds. The number of aliphatic hydroxyl groups excluding tert-OH is 1. The summed E-state index contributed by atoms with van der Waals surface area (Å²) < 4.78 is 30.8. The molecule has 1 atom stereocenters. The van der Waals surface area contributed by atoms with Crippen molar-refractivity contribution in [3.05, 3.63) is 58.1 Å². The molecule has 0 saturated carbocycles. The summed E-state index contributed by atoms with van der Waals surface area (Å²) in [6.07, 6.45) is -1.22. The van der Waals surface area contributed by atoms with Gasteiger partial charge in [0, 0.05) is 5.02 Å². The van der Waals surface area contributed by atoms with Crippen LogP contribution in [0.2, 0.25) is 10.0 Å². The molecule has 1 aliphatic rings. The van der Waals surface area contributed by atoms with Gasteiger partial charge in [0.1, 0.15) is 23.4 Å². The van der Waals surface area contributed by atoms with E-state index in [1.165, 1.54) is 30.3 Å². The molecule has 25 heavy (non-hydrogen) atoms. The monoisotopic (exact) mass is 401 g/mol. The highest BCUT2D eigenvalue weighted by Crippen LogP contribution is 2.30. The van der Waals surface area contributed by atoms with Crippen LogP contribution >= 0.6 is 23.2 Å². The molecule has 0 bridgehead atoms. The van der Waals surface area contributed by atoms with Crippen LogP contribution in [0.15, 0.2) is 47.4 Å². The molecule has 6 nitrogen and oxygen atoms in total. The molecule has 2 aromatic rings. The molecule has 1 heterocycles. The standard InChI is InChI=1S/C16H13Cl2NO5S/c17-10-5-6-14(13(18)7-10)24-9-11(20)8-19-16(21)12-3-1-2-4-15(12)25(19,22)23/h1-7,11,20H,8-9H2/t11-/m0/s1. The Morgan fingerprint density at radius 2 is 1.88 bits per heavy atom. The summed E-state index contributed by atoms with van der Waals surface area (Å²) in [5.41, 5.74) is 0.0939. The van der Waals surface area contributed by atoms with Crippen LogP contribution in [0.1, 0.15) is 10.4 Å². The van der Waals surface area contributed by atoms with Gasteiger partial charge in [-0.05, 0) is 30.3 Å². The number of benzene rings is 2. The number of ether oxygens (including phenoxy) is 1. The topological polar surface area (TPSA) is 83.9 Å². The molecular formula is C16H13Cl2NO5S. The minimum Gasteiger partial charge on any atom is -0.489 e. The van der Waals surface area contributed by atoms with E-state index in [0.29, 0.717) is 15.1 Å². The summed E-state index contributed by atoms with van der Waals surface area (Å²) in [5, 5.41) is 10.8. The molecule has 0 saturated heterocycles. The van der Waals surface area contributed by atoms with Crippen molar-refractivity contribution >= 4 is 39.1 Å². The molecule has 132 valence electrons. The summed E-state index contributed by atoms with van der Waals surface area (Å²) >= 11 is 11.7. The van der Waals surface area contributed by atoms with Crippen molar-refractivity contribution in [1.29, 1.82) is 0 Å². The van der Waals surface area contributed by atoms with Gasteiger partial charge in [0.25, 0.3) is 15.9 Å². The maximum Gasteiger partial charge on any atom is 0.269 e. The first-order chi connectivity index (χ1) is 11.8. The second kappa shape index (κ2) is 6.84. The number of rotatable bonds is 5. The van der Waals surface area contributed by atoms with Crippen LogP contribution in [0, 0.1) is 0 Å². The summed E-state index contributed by atoms with van der Waals surface area (Å²) in [7, 11) is -3.96. The number of aliphatic hydroxyl groups is 1. The molecule has 0 aromatic heterocycles. The average Bonchev–Trinajstić information content (AvgIpc) is 2.75. The van der Waals surface area contributed by atoms with E-state index in [9.17, 15) is 18.3 Å². The molecule has 0 spiro atoms. The fraction of sp³-hybridized carbons (Fsp3) is 0.188. The zero-order chi connectivity index (χ0) is 18.2. The van der Waals surface area contributed by atoms with Gasteiger partial charge in [-0.1, -0.05) is 35.3 Å². The SMILES string of the molecule is O=C1c2ccccc2S(=O)(=O)N1C[C@H](O)COc1ccc(Cl)cc1Cl. The molecule has 0 radical (unpaired) electrons. The van der Waals surface area contributed by atoms with Crippen molar-refractivity contribution in [2.24, 2.45) is 0 Å². The first-order valence-electron chi connectivity index (χ1n) is 7.22. The summed E-state index contributed by atoms with van der Waals surface area (Å²) in [6, 6.07) is 10.5. The van der Waals surface area contributed by atoms with Gasteiger partial charge < -0.3 is 9.84 Å². The second-order valence-corrected chi connectivity index (χ2v) is 8.05.